The molecule has 1 aliphatic heterocycles. The Labute approximate surface area is 133 Å². The number of piperidine rings is 1. The molecule has 1 aromatic heterocycles. The lowest BCUT2D eigenvalue weighted by atomic mass is 10.00. The molecule has 1 atom stereocenters. The zero-order valence-electron chi connectivity index (χ0n) is 12.9. The summed E-state index contributed by atoms with van der Waals surface area (Å²) in [6, 6.07) is 6.30. The van der Waals surface area contributed by atoms with Crippen molar-refractivity contribution in [3.63, 3.8) is 0 Å². The topological polar surface area (TPSA) is 71.2 Å². The lowest BCUT2D eigenvalue weighted by Gasteiger charge is -2.35. The Hall–Kier alpha value is -2.44. The standard InChI is InChI=1S/C16H19FN4O2/c1-2-11-7-5-6-10-20(11)15-14(16(22)23)18-21(19-15)13-9-4-3-8-12(13)17/h3-4,8-9,11H,2,5-7,10H2,1H3,(H,22,23)/t11-/m0/s1. The van der Waals surface area contributed by atoms with Crippen LogP contribution in [-0.4, -0.2) is 38.7 Å². The van der Waals surface area contributed by atoms with Gasteiger partial charge < -0.3 is 10.0 Å². The van der Waals surface area contributed by atoms with Crippen LogP contribution in [0.3, 0.4) is 0 Å². The maximum atomic E-state index is 13.9. The number of carboxylic acids is 1. The number of hydrogen-bond donors (Lipinski definition) is 1. The van der Waals surface area contributed by atoms with E-state index in [2.05, 4.69) is 17.1 Å². The maximum Gasteiger partial charge on any atom is 0.360 e. The molecular formula is C16H19FN4O2. The lowest BCUT2D eigenvalue weighted by molar-refractivity contribution is 0.0690. The molecule has 2 heterocycles. The predicted octanol–water partition coefficient (Wildman–Crippen LogP) is 2.87. The van der Waals surface area contributed by atoms with Gasteiger partial charge in [0, 0.05) is 12.6 Å². The summed E-state index contributed by atoms with van der Waals surface area (Å²) in [6.45, 7) is 2.82. The van der Waals surface area contributed by atoms with E-state index in [-0.39, 0.29) is 17.4 Å². The Morgan fingerprint density at radius 2 is 2.13 bits per heavy atom. The Morgan fingerprint density at radius 3 is 2.83 bits per heavy atom. The highest BCUT2D eigenvalue weighted by Crippen LogP contribution is 2.28. The SMILES string of the molecule is CC[C@H]1CCCCN1c1nn(-c2ccccc2F)nc1C(=O)O. The summed E-state index contributed by atoms with van der Waals surface area (Å²) in [6.07, 6.45) is 4.02. The van der Waals surface area contributed by atoms with Gasteiger partial charge in [-0.15, -0.1) is 15.0 Å². The Bertz CT molecular complexity index is 716. The molecule has 1 saturated heterocycles. The fourth-order valence-electron chi connectivity index (χ4n) is 3.06. The van der Waals surface area contributed by atoms with E-state index in [1.165, 1.54) is 12.1 Å². The molecule has 2 aromatic rings. The van der Waals surface area contributed by atoms with Crippen LogP contribution in [0.15, 0.2) is 24.3 Å². The second-order valence-corrected chi connectivity index (χ2v) is 5.67. The highest BCUT2D eigenvalue weighted by atomic mass is 19.1. The normalized spacial score (nSPS) is 18.2. The first-order valence-electron chi connectivity index (χ1n) is 7.84. The smallest absolute Gasteiger partial charge is 0.360 e. The predicted molar refractivity (Wildman–Crippen MR) is 83.6 cm³/mol. The number of anilines is 1. The van der Waals surface area contributed by atoms with Crippen LogP contribution >= 0.6 is 0 Å². The largest absolute Gasteiger partial charge is 0.476 e. The van der Waals surface area contributed by atoms with Crippen LogP contribution in [0, 0.1) is 5.82 Å². The molecule has 6 nitrogen and oxygen atoms in total. The van der Waals surface area contributed by atoms with Crippen LogP contribution in [0.25, 0.3) is 5.69 Å². The lowest BCUT2D eigenvalue weighted by Crippen LogP contribution is -2.40. The highest BCUT2D eigenvalue weighted by molar-refractivity contribution is 5.91. The minimum Gasteiger partial charge on any atom is -0.476 e. The number of para-hydroxylation sites is 1. The van der Waals surface area contributed by atoms with E-state index in [1.807, 2.05) is 4.90 Å². The van der Waals surface area contributed by atoms with E-state index in [0.29, 0.717) is 5.82 Å². The van der Waals surface area contributed by atoms with Gasteiger partial charge >= 0.3 is 5.97 Å². The van der Waals surface area contributed by atoms with Gasteiger partial charge in [-0.1, -0.05) is 19.1 Å². The van der Waals surface area contributed by atoms with E-state index in [4.69, 9.17) is 0 Å². The number of aromatic nitrogens is 3. The molecule has 0 aliphatic carbocycles. The molecule has 1 aromatic carbocycles. The van der Waals surface area contributed by atoms with Crippen molar-refractivity contribution in [2.45, 2.75) is 38.6 Å². The van der Waals surface area contributed by atoms with Crippen molar-refractivity contribution in [2.24, 2.45) is 0 Å². The van der Waals surface area contributed by atoms with Crippen LogP contribution in [0.5, 0.6) is 0 Å². The molecule has 1 fully saturated rings. The maximum absolute atomic E-state index is 13.9. The molecule has 3 rings (SSSR count). The van der Waals surface area contributed by atoms with Gasteiger partial charge in [-0.25, -0.2) is 9.18 Å². The molecule has 1 aliphatic rings. The van der Waals surface area contributed by atoms with Crippen molar-refractivity contribution < 1.29 is 14.3 Å². The van der Waals surface area contributed by atoms with E-state index >= 15 is 0 Å². The molecule has 122 valence electrons. The third-order valence-electron chi connectivity index (χ3n) is 4.24. The number of aromatic carboxylic acids is 1. The average Bonchev–Trinajstić information content (AvgIpc) is 3.00. The summed E-state index contributed by atoms with van der Waals surface area (Å²) >= 11 is 0. The fourth-order valence-corrected chi connectivity index (χ4v) is 3.06. The van der Waals surface area contributed by atoms with Crippen molar-refractivity contribution in [3.05, 3.63) is 35.8 Å². The van der Waals surface area contributed by atoms with Crippen LogP contribution in [-0.2, 0) is 0 Å². The molecule has 0 amide bonds. The van der Waals surface area contributed by atoms with E-state index in [1.54, 1.807) is 12.1 Å². The van der Waals surface area contributed by atoms with Gasteiger partial charge in [0.1, 0.15) is 5.69 Å². The van der Waals surface area contributed by atoms with Crippen molar-refractivity contribution in [1.29, 1.82) is 0 Å². The average molecular weight is 318 g/mol. The van der Waals surface area contributed by atoms with Gasteiger partial charge in [-0.05, 0) is 37.8 Å². The highest BCUT2D eigenvalue weighted by Gasteiger charge is 2.29. The fraction of sp³-hybridized carbons (Fsp3) is 0.438. The van der Waals surface area contributed by atoms with Gasteiger partial charge in [0.25, 0.3) is 0 Å². The van der Waals surface area contributed by atoms with Crippen molar-refractivity contribution >= 4 is 11.8 Å². The van der Waals surface area contributed by atoms with E-state index in [9.17, 15) is 14.3 Å². The van der Waals surface area contributed by atoms with Gasteiger partial charge in [0.15, 0.2) is 11.6 Å². The summed E-state index contributed by atoms with van der Waals surface area (Å²) < 4.78 is 13.9. The Balaban J connectivity index is 2.06. The molecular weight excluding hydrogens is 299 g/mol. The third kappa shape index (κ3) is 2.91. The summed E-state index contributed by atoms with van der Waals surface area (Å²) in [7, 11) is 0. The van der Waals surface area contributed by atoms with E-state index < -0.39 is 11.8 Å². The van der Waals surface area contributed by atoms with Crippen molar-refractivity contribution in [2.75, 3.05) is 11.4 Å². The molecule has 0 radical (unpaired) electrons. The summed E-state index contributed by atoms with van der Waals surface area (Å²) in [5, 5.41) is 17.8. The quantitative estimate of drug-likeness (QED) is 0.938. The van der Waals surface area contributed by atoms with Gasteiger partial charge in [-0.2, -0.15) is 0 Å². The van der Waals surface area contributed by atoms with Gasteiger partial charge in [-0.3, -0.25) is 0 Å². The molecule has 7 heteroatoms. The number of carbonyl (C=O) groups is 1. The number of nitrogens with zero attached hydrogens (tertiary/aromatic N) is 4. The minimum absolute atomic E-state index is 0.131. The number of benzene rings is 1. The second kappa shape index (κ2) is 6.36. The minimum atomic E-state index is -1.15. The number of rotatable bonds is 4. The van der Waals surface area contributed by atoms with Crippen LogP contribution in [0.2, 0.25) is 0 Å². The third-order valence-corrected chi connectivity index (χ3v) is 4.24. The number of hydrogen-bond acceptors (Lipinski definition) is 4. The summed E-state index contributed by atoms with van der Waals surface area (Å²) in [5.74, 6) is -1.31. The van der Waals surface area contributed by atoms with Crippen molar-refractivity contribution in [3.8, 4) is 5.69 Å². The molecule has 0 bridgehead atoms. The van der Waals surface area contributed by atoms with E-state index in [0.717, 1.165) is 37.0 Å². The Morgan fingerprint density at radius 1 is 1.35 bits per heavy atom. The molecule has 0 spiro atoms. The first-order valence-corrected chi connectivity index (χ1v) is 7.84. The van der Waals surface area contributed by atoms with Crippen LogP contribution < -0.4 is 4.90 Å². The molecule has 1 N–H and O–H groups in total. The molecule has 23 heavy (non-hydrogen) atoms. The molecule has 0 unspecified atom stereocenters. The number of halogens is 1. The second-order valence-electron chi connectivity index (χ2n) is 5.67. The first kappa shape index (κ1) is 15.5. The molecule has 0 saturated carbocycles. The van der Waals surface area contributed by atoms with Crippen LogP contribution in [0.1, 0.15) is 43.1 Å². The van der Waals surface area contributed by atoms with Gasteiger partial charge in [0.2, 0.25) is 5.69 Å². The zero-order valence-corrected chi connectivity index (χ0v) is 12.9. The summed E-state index contributed by atoms with van der Waals surface area (Å²) in [4.78, 5) is 14.6. The van der Waals surface area contributed by atoms with Crippen LogP contribution in [0.4, 0.5) is 10.2 Å². The first-order chi connectivity index (χ1) is 11.1. The zero-order chi connectivity index (χ0) is 16.4. The Kier molecular flexibility index (Phi) is 4.27. The summed E-state index contributed by atoms with van der Waals surface area (Å²) in [5.41, 5.74) is 0.0138. The van der Waals surface area contributed by atoms with Gasteiger partial charge in [0.05, 0.1) is 0 Å². The van der Waals surface area contributed by atoms with Crippen molar-refractivity contribution in [1.82, 2.24) is 15.0 Å². The monoisotopic (exact) mass is 318 g/mol. The number of carboxylic acid groups (broad SMARTS) is 1.